The van der Waals surface area contributed by atoms with Gasteiger partial charge in [0.25, 0.3) is 0 Å². The largest absolute Gasteiger partial charge is 0.513 e. The van der Waals surface area contributed by atoms with Gasteiger partial charge in [0, 0.05) is 41.8 Å². The molecule has 2 saturated heterocycles. The number of allylic oxidation sites excluding steroid dienone is 5. The maximum Gasteiger partial charge on any atom is 0.124 e. The number of aliphatic hydroxyl groups is 3. The molecule has 0 radical (unpaired) electrons. The summed E-state index contributed by atoms with van der Waals surface area (Å²) in [6, 6.07) is 0. The van der Waals surface area contributed by atoms with E-state index >= 15 is 0 Å². The van der Waals surface area contributed by atoms with Crippen LogP contribution < -0.4 is 0 Å². The van der Waals surface area contributed by atoms with Crippen LogP contribution in [0.15, 0.2) is 48.0 Å². The summed E-state index contributed by atoms with van der Waals surface area (Å²) in [6.45, 7) is 5.38. The highest BCUT2D eigenvalue weighted by Gasteiger charge is 2.51. The molecule has 0 bridgehead atoms. The first-order valence-corrected chi connectivity index (χ1v) is 13.8. The normalized spacial score (nSPS) is 40.0. The SMILES string of the molecule is CCCN1CC(OC2=CC[C@@H](C(O)C3C4CC=C(O)CC4SC3[C@H]3C=C[C@@H](O)CC3)C=C2)C1. The van der Waals surface area contributed by atoms with Crippen LogP contribution in [0, 0.1) is 23.7 Å². The Morgan fingerprint density at radius 1 is 1.15 bits per heavy atom. The third-order valence-corrected chi connectivity index (χ3v) is 10.1. The number of hydrogen-bond acceptors (Lipinski definition) is 6. The summed E-state index contributed by atoms with van der Waals surface area (Å²) in [5, 5.41) is 32.4. The summed E-state index contributed by atoms with van der Waals surface area (Å²) in [5.74, 6) is 2.50. The van der Waals surface area contributed by atoms with E-state index in [4.69, 9.17) is 4.74 Å². The molecular weight excluding hydrogens is 434 g/mol. The number of hydrogen-bond donors (Lipinski definition) is 3. The van der Waals surface area contributed by atoms with Crippen LogP contribution in [-0.2, 0) is 4.74 Å². The fraction of sp³-hybridized carbons (Fsp3) is 0.704. The van der Waals surface area contributed by atoms with Gasteiger partial charge in [-0.3, -0.25) is 4.90 Å². The quantitative estimate of drug-likeness (QED) is 0.482. The highest BCUT2D eigenvalue weighted by Crippen LogP contribution is 2.55. The lowest BCUT2D eigenvalue weighted by Gasteiger charge is -2.40. The molecule has 5 aliphatic rings. The number of thioether (sulfide) groups is 1. The second kappa shape index (κ2) is 10.2. The number of likely N-dealkylation sites (tertiary alicyclic amines) is 1. The van der Waals surface area contributed by atoms with Gasteiger partial charge in [-0.1, -0.05) is 25.2 Å². The molecule has 3 N–H and O–H groups in total. The second-order valence-electron chi connectivity index (χ2n) is 10.6. The molecule has 0 amide bonds. The van der Waals surface area contributed by atoms with Gasteiger partial charge >= 0.3 is 0 Å². The van der Waals surface area contributed by atoms with Crippen LogP contribution in [0.2, 0.25) is 0 Å². The van der Waals surface area contributed by atoms with Crippen molar-refractivity contribution in [1.29, 1.82) is 0 Å². The van der Waals surface area contributed by atoms with Gasteiger partial charge in [-0.2, -0.15) is 11.8 Å². The van der Waals surface area contributed by atoms with Gasteiger partial charge in [0.05, 0.1) is 18.0 Å². The minimum absolute atomic E-state index is 0.0971. The molecule has 3 aliphatic carbocycles. The zero-order valence-electron chi connectivity index (χ0n) is 19.6. The molecule has 0 saturated carbocycles. The van der Waals surface area contributed by atoms with E-state index in [0.29, 0.717) is 40.6 Å². The molecule has 0 aromatic rings. The first-order chi connectivity index (χ1) is 16.0. The zero-order valence-corrected chi connectivity index (χ0v) is 20.4. The third-order valence-electron chi connectivity index (χ3n) is 8.22. The predicted octanol–water partition coefficient (Wildman–Crippen LogP) is 4.20. The van der Waals surface area contributed by atoms with Crippen molar-refractivity contribution in [2.24, 2.45) is 23.7 Å². The molecule has 0 spiro atoms. The molecule has 5 unspecified atom stereocenters. The van der Waals surface area contributed by atoms with Crippen molar-refractivity contribution in [3.05, 3.63) is 48.0 Å². The van der Waals surface area contributed by atoms with E-state index in [2.05, 4.69) is 36.1 Å². The number of ether oxygens (including phenoxy) is 1. The third kappa shape index (κ3) is 5.09. The molecule has 6 heteroatoms. The first kappa shape index (κ1) is 23.5. The zero-order chi connectivity index (χ0) is 22.9. The maximum absolute atomic E-state index is 11.7. The number of rotatable bonds is 7. The van der Waals surface area contributed by atoms with Crippen molar-refractivity contribution < 1.29 is 20.1 Å². The van der Waals surface area contributed by atoms with Crippen molar-refractivity contribution in [2.45, 2.75) is 74.3 Å². The van der Waals surface area contributed by atoms with Crippen molar-refractivity contribution >= 4 is 11.8 Å². The van der Waals surface area contributed by atoms with Crippen molar-refractivity contribution in [2.75, 3.05) is 19.6 Å². The lowest BCUT2D eigenvalue weighted by molar-refractivity contribution is -0.0187. The van der Waals surface area contributed by atoms with Crippen LogP contribution in [0.4, 0.5) is 0 Å². The maximum atomic E-state index is 11.7. The van der Waals surface area contributed by atoms with Gasteiger partial charge in [-0.05, 0) is 68.7 Å². The highest BCUT2D eigenvalue weighted by atomic mass is 32.2. The summed E-state index contributed by atoms with van der Waals surface area (Å²) < 4.78 is 6.16. The molecule has 0 aromatic heterocycles. The highest BCUT2D eigenvalue weighted by molar-refractivity contribution is 8.00. The van der Waals surface area contributed by atoms with Gasteiger partial charge in [0.2, 0.25) is 0 Å². The van der Waals surface area contributed by atoms with E-state index in [1.54, 1.807) is 0 Å². The molecule has 8 atom stereocenters. The Bertz CT molecular complexity index is 817. The van der Waals surface area contributed by atoms with Crippen LogP contribution in [0.5, 0.6) is 0 Å². The van der Waals surface area contributed by atoms with E-state index < -0.39 is 6.10 Å². The molecule has 5 rings (SSSR count). The van der Waals surface area contributed by atoms with Crippen LogP contribution in [-0.4, -0.2) is 68.7 Å². The molecule has 33 heavy (non-hydrogen) atoms. The monoisotopic (exact) mass is 473 g/mol. The Morgan fingerprint density at radius 2 is 2.00 bits per heavy atom. The fourth-order valence-electron chi connectivity index (χ4n) is 6.42. The lowest BCUT2D eigenvalue weighted by atomic mass is 9.70. The fourth-order valence-corrected chi connectivity index (χ4v) is 8.56. The first-order valence-electron chi connectivity index (χ1n) is 12.9. The summed E-state index contributed by atoms with van der Waals surface area (Å²) in [7, 11) is 0. The summed E-state index contributed by atoms with van der Waals surface area (Å²) in [6.07, 6.45) is 17.3. The van der Waals surface area contributed by atoms with Crippen LogP contribution in [0.25, 0.3) is 0 Å². The van der Waals surface area contributed by atoms with Gasteiger partial charge in [-0.25, -0.2) is 0 Å². The number of fused-ring (bicyclic) bond motifs is 1. The van der Waals surface area contributed by atoms with Gasteiger partial charge < -0.3 is 20.1 Å². The van der Waals surface area contributed by atoms with E-state index in [9.17, 15) is 15.3 Å². The van der Waals surface area contributed by atoms with Crippen LogP contribution in [0.1, 0.15) is 45.4 Å². The van der Waals surface area contributed by atoms with Crippen molar-refractivity contribution in [3.8, 4) is 0 Å². The number of nitrogens with zero attached hydrogens (tertiary/aromatic N) is 1. The standard InChI is InChI=1S/C27H39NO4S/c1-2-13-28-15-22(16-28)32-21-10-5-17(6-11-21)26(31)25-23-12-9-20(30)14-24(23)33-27(25)18-3-7-19(29)8-4-18/h3,5,7,9-11,17-19,22-27,29-31H,2,4,6,8,12-16H2,1H3/t17-,18-,19+,23?,24?,25?,26?,27?/m0/s1. The molecule has 182 valence electrons. The van der Waals surface area contributed by atoms with Crippen LogP contribution >= 0.6 is 11.8 Å². The Hall–Kier alpha value is -1.21. The Balaban J connectivity index is 1.24. The van der Waals surface area contributed by atoms with Gasteiger partial charge in [0.1, 0.15) is 11.9 Å². The van der Waals surface area contributed by atoms with E-state index in [0.717, 1.165) is 51.1 Å². The minimum atomic E-state index is -0.413. The van der Waals surface area contributed by atoms with E-state index in [1.807, 2.05) is 23.9 Å². The second-order valence-corrected chi connectivity index (χ2v) is 12.0. The molecule has 2 fully saturated rings. The average molecular weight is 474 g/mol. The molecular formula is C27H39NO4S. The average Bonchev–Trinajstić information content (AvgIpc) is 3.16. The van der Waals surface area contributed by atoms with Crippen molar-refractivity contribution in [3.63, 3.8) is 0 Å². The number of aliphatic hydroxyl groups excluding tert-OH is 3. The lowest BCUT2D eigenvalue weighted by Crippen LogP contribution is -2.52. The minimum Gasteiger partial charge on any atom is -0.513 e. The predicted molar refractivity (Wildman–Crippen MR) is 133 cm³/mol. The summed E-state index contributed by atoms with van der Waals surface area (Å²) in [4.78, 5) is 2.42. The summed E-state index contributed by atoms with van der Waals surface area (Å²) in [5.41, 5.74) is 0. The topological polar surface area (TPSA) is 73.2 Å². The van der Waals surface area contributed by atoms with E-state index in [1.165, 1.54) is 6.42 Å². The van der Waals surface area contributed by atoms with Gasteiger partial charge in [0.15, 0.2) is 0 Å². The molecule has 0 aromatic carbocycles. The Kier molecular flexibility index (Phi) is 7.26. The van der Waals surface area contributed by atoms with Gasteiger partial charge in [-0.15, -0.1) is 0 Å². The van der Waals surface area contributed by atoms with Crippen molar-refractivity contribution in [1.82, 2.24) is 4.90 Å². The molecule has 2 heterocycles. The molecule has 5 nitrogen and oxygen atoms in total. The van der Waals surface area contributed by atoms with Crippen LogP contribution in [0.3, 0.4) is 0 Å². The summed E-state index contributed by atoms with van der Waals surface area (Å²) >= 11 is 1.97. The smallest absolute Gasteiger partial charge is 0.124 e. The Morgan fingerprint density at radius 3 is 2.70 bits per heavy atom. The molecule has 2 aliphatic heterocycles. The Labute approximate surface area is 202 Å². The van der Waals surface area contributed by atoms with E-state index in [-0.39, 0.29) is 17.9 Å².